The van der Waals surface area contributed by atoms with E-state index in [1.165, 1.54) is 4.90 Å². The number of carboxylic acids is 1. The van der Waals surface area contributed by atoms with Crippen molar-refractivity contribution in [3.05, 3.63) is 59.7 Å². The van der Waals surface area contributed by atoms with Gasteiger partial charge in [-0.25, -0.2) is 4.79 Å². The third kappa shape index (κ3) is 6.80. The summed E-state index contributed by atoms with van der Waals surface area (Å²) in [4.78, 5) is 38.3. The van der Waals surface area contributed by atoms with Crippen LogP contribution in [0, 0.1) is 0 Å². The molecule has 0 heterocycles. The topological polar surface area (TPSA) is 125 Å². The lowest BCUT2D eigenvalue weighted by atomic mass is 9.98. The Morgan fingerprint density at radius 1 is 1.03 bits per heavy atom. The molecule has 1 aliphatic rings. The van der Waals surface area contributed by atoms with Crippen molar-refractivity contribution in [2.75, 3.05) is 39.5 Å². The molecule has 0 radical (unpaired) electrons. The lowest BCUT2D eigenvalue weighted by Crippen LogP contribution is -2.49. The Hall–Kier alpha value is -3.43. The molecule has 0 spiro atoms. The average molecular weight is 485 g/mol. The summed E-state index contributed by atoms with van der Waals surface area (Å²) in [5.74, 6) is -1.60. The molecule has 3 N–H and O–H groups in total. The first-order valence-corrected chi connectivity index (χ1v) is 11.8. The van der Waals surface area contributed by atoms with Crippen LogP contribution in [-0.4, -0.2) is 78.6 Å². The highest BCUT2D eigenvalue weighted by molar-refractivity contribution is 5.86. The first kappa shape index (κ1) is 26.2. The number of fused-ring (bicyclic) bond motifs is 3. The van der Waals surface area contributed by atoms with Crippen LogP contribution in [0.2, 0.25) is 0 Å². The number of aliphatic hydroxyl groups is 1. The molecule has 3 rings (SSSR count). The SMILES string of the molecule is CCN(CCOCCO)C(=O)C(CCC(=O)O)NC(=O)OCC1c2ccccc2-c2ccccc21. The van der Waals surface area contributed by atoms with Gasteiger partial charge in [0.15, 0.2) is 0 Å². The van der Waals surface area contributed by atoms with Crippen molar-refractivity contribution in [3.63, 3.8) is 0 Å². The predicted molar refractivity (Wildman–Crippen MR) is 129 cm³/mol. The van der Waals surface area contributed by atoms with Gasteiger partial charge in [0, 0.05) is 25.4 Å². The number of nitrogens with zero attached hydrogens (tertiary/aromatic N) is 1. The van der Waals surface area contributed by atoms with Crippen LogP contribution in [0.15, 0.2) is 48.5 Å². The van der Waals surface area contributed by atoms with Gasteiger partial charge in [0.05, 0.1) is 19.8 Å². The maximum absolute atomic E-state index is 13.0. The summed E-state index contributed by atoms with van der Waals surface area (Å²) in [5.41, 5.74) is 4.35. The van der Waals surface area contributed by atoms with E-state index in [1.807, 2.05) is 48.5 Å². The largest absolute Gasteiger partial charge is 0.481 e. The van der Waals surface area contributed by atoms with Gasteiger partial charge in [-0.1, -0.05) is 48.5 Å². The minimum atomic E-state index is -1.06. The fraction of sp³-hybridized carbons (Fsp3) is 0.423. The molecule has 1 atom stereocenters. The van der Waals surface area contributed by atoms with E-state index in [9.17, 15) is 14.4 Å². The van der Waals surface area contributed by atoms with Gasteiger partial charge in [-0.2, -0.15) is 0 Å². The highest BCUT2D eigenvalue weighted by Gasteiger charge is 2.30. The standard InChI is InChI=1S/C26H32N2O7/c1-2-28(13-15-34-16-14-29)25(32)23(11-12-24(30)31)27-26(33)35-17-22-20-9-5-3-7-18(20)19-8-4-6-10-21(19)22/h3-10,22-23,29H,2,11-17H2,1H3,(H,27,33)(H,30,31). The minimum Gasteiger partial charge on any atom is -0.481 e. The summed E-state index contributed by atoms with van der Waals surface area (Å²) in [6.45, 7) is 2.74. The van der Waals surface area contributed by atoms with Crippen LogP contribution < -0.4 is 5.32 Å². The van der Waals surface area contributed by atoms with E-state index in [2.05, 4.69) is 5.32 Å². The number of hydrogen-bond donors (Lipinski definition) is 3. The monoisotopic (exact) mass is 484 g/mol. The number of likely N-dealkylation sites (N-methyl/N-ethyl adjacent to an activating group) is 1. The molecule has 0 bridgehead atoms. The van der Waals surface area contributed by atoms with Gasteiger partial charge < -0.3 is 29.9 Å². The normalized spacial score (nSPS) is 13.0. The number of ether oxygens (including phenoxy) is 2. The average Bonchev–Trinajstić information content (AvgIpc) is 3.18. The maximum atomic E-state index is 13.0. The highest BCUT2D eigenvalue weighted by Crippen LogP contribution is 2.44. The number of nitrogens with one attached hydrogen (secondary N) is 1. The van der Waals surface area contributed by atoms with Crippen molar-refractivity contribution < 1.29 is 34.1 Å². The third-order valence-corrected chi connectivity index (χ3v) is 6.02. The minimum absolute atomic E-state index is 0.0631. The van der Waals surface area contributed by atoms with E-state index in [0.717, 1.165) is 22.3 Å². The maximum Gasteiger partial charge on any atom is 0.407 e. The number of carbonyl (C=O) groups is 3. The third-order valence-electron chi connectivity index (χ3n) is 6.02. The number of aliphatic carboxylic acids is 1. The van der Waals surface area contributed by atoms with Gasteiger partial charge in [0.25, 0.3) is 0 Å². The molecule has 0 fully saturated rings. The number of benzene rings is 2. The van der Waals surface area contributed by atoms with Crippen molar-refractivity contribution >= 4 is 18.0 Å². The van der Waals surface area contributed by atoms with Gasteiger partial charge in [-0.3, -0.25) is 9.59 Å². The van der Waals surface area contributed by atoms with Gasteiger partial charge in [-0.05, 0) is 35.6 Å². The Balaban J connectivity index is 1.64. The van der Waals surface area contributed by atoms with E-state index < -0.39 is 24.0 Å². The lowest BCUT2D eigenvalue weighted by Gasteiger charge is -2.26. The quantitative estimate of drug-likeness (QED) is 0.373. The molecule has 0 aromatic heterocycles. The molecule has 9 heteroatoms. The summed E-state index contributed by atoms with van der Waals surface area (Å²) < 4.78 is 10.8. The zero-order valence-corrected chi connectivity index (χ0v) is 19.8. The van der Waals surface area contributed by atoms with E-state index in [1.54, 1.807) is 6.92 Å². The molecule has 0 saturated heterocycles. The molecular weight excluding hydrogens is 452 g/mol. The molecular formula is C26H32N2O7. The van der Waals surface area contributed by atoms with Crippen LogP contribution in [-0.2, 0) is 19.1 Å². The van der Waals surface area contributed by atoms with Crippen LogP contribution in [0.3, 0.4) is 0 Å². The van der Waals surface area contributed by atoms with Crippen molar-refractivity contribution in [1.82, 2.24) is 10.2 Å². The number of hydrogen-bond acceptors (Lipinski definition) is 6. The Kier molecular flexibility index (Phi) is 9.63. The van der Waals surface area contributed by atoms with Gasteiger partial charge in [0.2, 0.25) is 5.91 Å². The second-order valence-corrected chi connectivity index (χ2v) is 8.21. The number of alkyl carbamates (subject to hydrolysis) is 1. The molecule has 188 valence electrons. The molecule has 9 nitrogen and oxygen atoms in total. The van der Waals surface area contributed by atoms with Crippen LogP contribution in [0.5, 0.6) is 0 Å². The Morgan fingerprint density at radius 3 is 2.23 bits per heavy atom. The molecule has 0 aliphatic heterocycles. The smallest absolute Gasteiger partial charge is 0.407 e. The number of aliphatic hydroxyl groups excluding tert-OH is 1. The van der Waals surface area contributed by atoms with Crippen molar-refractivity contribution in [2.24, 2.45) is 0 Å². The van der Waals surface area contributed by atoms with E-state index in [4.69, 9.17) is 19.7 Å². The number of amides is 2. The Morgan fingerprint density at radius 2 is 1.66 bits per heavy atom. The first-order chi connectivity index (χ1) is 17.0. The molecule has 1 unspecified atom stereocenters. The lowest BCUT2D eigenvalue weighted by molar-refractivity contribution is -0.138. The van der Waals surface area contributed by atoms with Crippen molar-refractivity contribution in [3.8, 4) is 11.1 Å². The number of rotatable bonds is 13. The van der Waals surface area contributed by atoms with Crippen LogP contribution in [0.1, 0.15) is 36.8 Å². The van der Waals surface area contributed by atoms with Crippen LogP contribution in [0.25, 0.3) is 11.1 Å². The molecule has 1 aliphatic carbocycles. The Labute approximate surface area is 204 Å². The summed E-state index contributed by atoms with van der Waals surface area (Å²) >= 11 is 0. The van der Waals surface area contributed by atoms with Crippen LogP contribution in [0.4, 0.5) is 4.79 Å². The van der Waals surface area contributed by atoms with Gasteiger partial charge in [0.1, 0.15) is 12.6 Å². The van der Waals surface area contributed by atoms with E-state index in [0.29, 0.717) is 6.54 Å². The summed E-state index contributed by atoms with van der Waals surface area (Å²) in [6.07, 6.45) is -1.12. The predicted octanol–water partition coefficient (Wildman–Crippen LogP) is 2.62. The fourth-order valence-electron chi connectivity index (χ4n) is 4.29. The molecule has 0 saturated carbocycles. The fourth-order valence-corrected chi connectivity index (χ4v) is 4.29. The first-order valence-electron chi connectivity index (χ1n) is 11.8. The molecule has 2 aromatic carbocycles. The summed E-state index contributed by atoms with van der Waals surface area (Å²) in [6, 6.07) is 14.9. The summed E-state index contributed by atoms with van der Waals surface area (Å²) in [5, 5.41) is 20.5. The van der Waals surface area contributed by atoms with Gasteiger partial charge >= 0.3 is 12.1 Å². The molecule has 2 amide bonds. The van der Waals surface area contributed by atoms with Crippen molar-refractivity contribution in [2.45, 2.75) is 31.7 Å². The summed E-state index contributed by atoms with van der Waals surface area (Å²) in [7, 11) is 0. The second kappa shape index (κ2) is 12.9. The zero-order chi connectivity index (χ0) is 25.2. The van der Waals surface area contributed by atoms with Crippen LogP contribution >= 0.6 is 0 Å². The number of carboxylic acid groups (broad SMARTS) is 1. The molecule has 35 heavy (non-hydrogen) atoms. The number of carbonyl (C=O) groups excluding carboxylic acids is 2. The zero-order valence-electron chi connectivity index (χ0n) is 19.8. The Bertz CT molecular complexity index is 981. The van der Waals surface area contributed by atoms with E-state index >= 15 is 0 Å². The van der Waals surface area contributed by atoms with Crippen molar-refractivity contribution in [1.29, 1.82) is 0 Å². The highest BCUT2D eigenvalue weighted by atomic mass is 16.5. The second-order valence-electron chi connectivity index (χ2n) is 8.21. The molecule has 2 aromatic rings. The van der Waals surface area contributed by atoms with E-state index in [-0.39, 0.29) is 51.7 Å². The van der Waals surface area contributed by atoms with Gasteiger partial charge in [-0.15, -0.1) is 0 Å².